The Kier molecular flexibility index (Phi) is 3.96. The summed E-state index contributed by atoms with van der Waals surface area (Å²) in [4.78, 5) is 14.3. The molecule has 1 saturated carbocycles. The van der Waals surface area contributed by atoms with Gasteiger partial charge in [-0.15, -0.1) is 0 Å². The highest BCUT2D eigenvalue weighted by atomic mass is 16.3. The van der Waals surface area contributed by atoms with Crippen molar-refractivity contribution in [2.75, 3.05) is 7.05 Å². The highest BCUT2D eigenvalue weighted by Crippen LogP contribution is 2.47. The molecule has 0 spiro atoms. The van der Waals surface area contributed by atoms with Gasteiger partial charge in [0.15, 0.2) is 0 Å². The molecular weight excluding hydrogens is 264 g/mol. The minimum atomic E-state index is -0.623. The predicted molar refractivity (Wildman–Crippen MR) is 83.8 cm³/mol. The first kappa shape index (κ1) is 16.1. The number of carbonyl (C=O) groups is 1. The van der Waals surface area contributed by atoms with Gasteiger partial charge in [-0.3, -0.25) is 4.79 Å². The third kappa shape index (κ3) is 3.15. The first-order valence-corrected chi connectivity index (χ1v) is 7.67. The molecule has 1 amide bonds. The Balaban J connectivity index is 2.02. The van der Waals surface area contributed by atoms with Gasteiger partial charge in [-0.05, 0) is 52.2 Å². The summed E-state index contributed by atoms with van der Waals surface area (Å²) in [6, 6.07) is 4.02. The Morgan fingerprint density at radius 3 is 2.43 bits per heavy atom. The maximum absolute atomic E-state index is 12.6. The molecule has 1 aliphatic carbocycles. The van der Waals surface area contributed by atoms with E-state index >= 15 is 0 Å². The summed E-state index contributed by atoms with van der Waals surface area (Å²) in [6.07, 6.45) is 1.20. The van der Waals surface area contributed by atoms with Crippen molar-refractivity contribution in [3.8, 4) is 0 Å². The molecule has 0 radical (unpaired) electrons. The summed E-state index contributed by atoms with van der Waals surface area (Å²) in [5.41, 5.74) is 4.95. The molecule has 1 aromatic rings. The molecule has 1 fully saturated rings. The van der Waals surface area contributed by atoms with Crippen molar-refractivity contribution in [3.63, 3.8) is 0 Å². The third-order valence-electron chi connectivity index (χ3n) is 5.04. The molecule has 2 atom stereocenters. The van der Waals surface area contributed by atoms with E-state index in [4.69, 9.17) is 10.2 Å². The normalized spacial score (nSPS) is 22.2. The van der Waals surface area contributed by atoms with Crippen LogP contribution in [0.25, 0.3) is 0 Å². The van der Waals surface area contributed by atoms with Crippen molar-refractivity contribution in [2.45, 2.75) is 59.0 Å². The first-order valence-electron chi connectivity index (χ1n) is 7.67. The largest absolute Gasteiger partial charge is 0.464 e. The van der Waals surface area contributed by atoms with Gasteiger partial charge in [-0.1, -0.05) is 6.92 Å². The van der Waals surface area contributed by atoms with Crippen LogP contribution in [0.1, 0.15) is 58.5 Å². The average Bonchev–Trinajstić information content (AvgIpc) is 2.91. The van der Waals surface area contributed by atoms with Gasteiger partial charge in [0.2, 0.25) is 5.91 Å². The van der Waals surface area contributed by atoms with Crippen molar-refractivity contribution >= 4 is 5.91 Å². The van der Waals surface area contributed by atoms with E-state index in [1.54, 1.807) is 11.9 Å². The molecule has 21 heavy (non-hydrogen) atoms. The molecule has 4 heteroatoms. The van der Waals surface area contributed by atoms with Crippen LogP contribution in [0.3, 0.4) is 0 Å². The number of nitrogens with two attached hydrogens (primary N) is 1. The fourth-order valence-electron chi connectivity index (χ4n) is 2.46. The van der Waals surface area contributed by atoms with Crippen LogP contribution in [-0.2, 0) is 11.3 Å². The van der Waals surface area contributed by atoms with Crippen LogP contribution in [-0.4, -0.2) is 23.4 Å². The smallest absolute Gasteiger partial charge is 0.230 e. The molecule has 0 saturated heterocycles. The van der Waals surface area contributed by atoms with E-state index in [0.29, 0.717) is 12.5 Å². The standard InChI is InChI=1S/C17H28N2O2/c1-11-9-13(11)14-8-7-12(21-14)10-19(6)15(20)16(2,3)17(4,5)18/h7-8,11,13H,9-10,18H2,1-6H3. The Morgan fingerprint density at radius 1 is 1.38 bits per heavy atom. The topological polar surface area (TPSA) is 59.5 Å². The summed E-state index contributed by atoms with van der Waals surface area (Å²) in [5, 5.41) is 0. The van der Waals surface area contributed by atoms with Crippen LogP contribution < -0.4 is 5.73 Å². The Labute approximate surface area is 127 Å². The van der Waals surface area contributed by atoms with Crippen molar-refractivity contribution in [3.05, 3.63) is 23.7 Å². The lowest BCUT2D eigenvalue weighted by atomic mass is 9.74. The number of rotatable bonds is 5. The number of amides is 1. The van der Waals surface area contributed by atoms with E-state index in [-0.39, 0.29) is 5.91 Å². The van der Waals surface area contributed by atoms with Gasteiger partial charge in [0.25, 0.3) is 0 Å². The number of hydrogen-bond acceptors (Lipinski definition) is 3. The van der Waals surface area contributed by atoms with Crippen LogP contribution in [0, 0.1) is 11.3 Å². The lowest BCUT2D eigenvalue weighted by molar-refractivity contribution is -0.142. The van der Waals surface area contributed by atoms with Crippen LogP contribution in [0.5, 0.6) is 0 Å². The van der Waals surface area contributed by atoms with Crippen LogP contribution in [0.15, 0.2) is 16.5 Å². The second-order valence-electron chi connectivity index (χ2n) is 7.63. The maximum Gasteiger partial charge on any atom is 0.230 e. The van der Waals surface area contributed by atoms with Gasteiger partial charge >= 0.3 is 0 Å². The number of hydrogen-bond donors (Lipinski definition) is 1. The van der Waals surface area contributed by atoms with Crippen LogP contribution in [0.2, 0.25) is 0 Å². The van der Waals surface area contributed by atoms with E-state index in [2.05, 4.69) is 6.92 Å². The number of furan rings is 1. The van der Waals surface area contributed by atoms with Crippen LogP contribution >= 0.6 is 0 Å². The monoisotopic (exact) mass is 292 g/mol. The Hall–Kier alpha value is -1.29. The first-order chi connectivity index (χ1) is 9.54. The minimum Gasteiger partial charge on any atom is -0.464 e. The Bertz CT molecular complexity index is 525. The Morgan fingerprint density at radius 2 is 1.95 bits per heavy atom. The molecule has 0 aliphatic heterocycles. The zero-order valence-electron chi connectivity index (χ0n) is 14.1. The molecule has 2 rings (SSSR count). The van der Waals surface area contributed by atoms with Gasteiger partial charge in [-0.25, -0.2) is 0 Å². The van der Waals surface area contributed by atoms with Gasteiger partial charge in [0.05, 0.1) is 12.0 Å². The van der Waals surface area contributed by atoms with E-state index in [1.807, 2.05) is 39.8 Å². The highest BCUT2D eigenvalue weighted by molar-refractivity contribution is 5.83. The lowest BCUT2D eigenvalue weighted by Crippen LogP contribution is -2.55. The van der Waals surface area contributed by atoms with Crippen molar-refractivity contribution in [1.29, 1.82) is 0 Å². The zero-order chi connectivity index (χ0) is 16.0. The number of carbonyl (C=O) groups excluding carboxylic acids is 1. The summed E-state index contributed by atoms with van der Waals surface area (Å²) < 4.78 is 5.87. The predicted octanol–water partition coefficient (Wildman–Crippen LogP) is 3.12. The van der Waals surface area contributed by atoms with E-state index in [1.165, 1.54) is 6.42 Å². The molecule has 118 valence electrons. The number of nitrogens with zero attached hydrogens (tertiary/aromatic N) is 1. The van der Waals surface area contributed by atoms with E-state index in [0.717, 1.165) is 17.4 Å². The fourth-order valence-corrected chi connectivity index (χ4v) is 2.46. The van der Waals surface area contributed by atoms with Crippen molar-refractivity contribution in [2.24, 2.45) is 17.1 Å². The van der Waals surface area contributed by atoms with Crippen LogP contribution in [0.4, 0.5) is 0 Å². The molecule has 0 bridgehead atoms. The molecule has 2 unspecified atom stereocenters. The second-order valence-corrected chi connectivity index (χ2v) is 7.63. The summed E-state index contributed by atoms with van der Waals surface area (Å²) >= 11 is 0. The molecule has 0 aromatic carbocycles. The molecular formula is C17H28N2O2. The molecule has 1 heterocycles. The van der Waals surface area contributed by atoms with E-state index < -0.39 is 11.0 Å². The molecule has 1 aromatic heterocycles. The SMILES string of the molecule is CC1CC1c1ccc(CN(C)C(=O)C(C)(C)C(C)(C)N)o1. The molecule has 4 nitrogen and oxygen atoms in total. The lowest BCUT2D eigenvalue weighted by Gasteiger charge is -2.39. The van der Waals surface area contributed by atoms with Crippen molar-refractivity contribution < 1.29 is 9.21 Å². The maximum atomic E-state index is 12.6. The van der Waals surface area contributed by atoms with E-state index in [9.17, 15) is 4.79 Å². The summed E-state index contributed by atoms with van der Waals surface area (Å²) in [5.74, 6) is 3.22. The second kappa shape index (κ2) is 5.16. The molecule has 1 aliphatic rings. The summed E-state index contributed by atoms with van der Waals surface area (Å²) in [6.45, 7) is 10.3. The summed E-state index contributed by atoms with van der Waals surface area (Å²) in [7, 11) is 1.80. The highest BCUT2D eigenvalue weighted by Gasteiger charge is 2.42. The quantitative estimate of drug-likeness (QED) is 0.907. The minimum absolute atomic E-state index is 0.0349. The van der Waals surface area contributed by atoms with Gasteiger partial charge in [0.1, 0.15) is 11.5 Å². The van der Waals surface area contributed by atoms with Gasteiger partial charge in [0, 0.05) is 18.5 Å². The third-order valence-corrected chi connectivity index (χ3v) is 5.04. The average molecular weight is 292 g/mol. The zero-order valence-corrected chi connectivity index (χ0v) is 14.1. The van der Waals surface area contributed by atoms with Gasteiger partial charge in [-0.2, -0.15) is 0 Å². The molecule has 2 N–H and O–H groups in total. The van der Waals surface area contributed by atoms with Gasteiger partial charge < -0.3 is 15.1 Å². The van der Waals surface area contributed by atoms with Crippen molar-refractivity contribution in [1.82, 2.24) is 4.90 Å². The fraction of sp³-hybridized carbons (Fsp3) is 0.706.